The van der Waals surface area contributed by atoms with Crippen molar-refractivity contribution >= 4 is 0 Å². The summed E-state index contributed by atoms with van der Waals surface area (Å²) < 4.78 is 0. The Labute approximate surface area is 123 Å². The zero-order valence-electron chi connectivity index (χ0n) is 13.2. The van der Waals surface area contributed by atoms with Gasteiger partial charge in [0, 0.05) is 0 Å². The summed E-state index contributed by atoms with van der Waals surface area (Å²) in [6.07, 6.45) is 2.44. The Kier molecular flexibility index (Phi) is 5.00. The maximum atomic E-state index is 2.36. The second-order valence-electron chi connectivity index (χ2n) is 5.96. The van der Waals surface area contributed by atoms with Crippen LogP contribution in [0.5, 0.6) is 0 Å². The summed E-state index contributed by atoms with van der Waals surface area (Å²) in [7, 11) is 0. The Morgan fingerprint density at radius 3 is 1.80 bits per heavy atom. The first-order valence-corrected chi connectivity index (χ1v) is 7.74. The van der Waals surface area contributed by atoms with Crippen molar-refractivity contribution in [3.8, 4) is 0 Å². The third-order valence-electron chi connectivity index (χ3n) is 4.48. The number of hydrogen-bond acceptors (Lipinski definition) is 0. The molecule has 0 aromatic heterocycles. The van der Waals surface area contributed by atoms with Crippen LogP contribution in [0.25, 0.3) is 0 Å². The molecule has 2 aromatic carbocycles. The van der Waals surface area contributed by atoms with Crippen molar-refractivity contribution in [2.45, 2.75) is 52.4 Å². The molecule has 0 saturated heterocycles. The van der Waals surface area contributed by atoms with E-state index in [-0.39, 0.29) is 0 Å². The summed E-state index contributed by atoms with van der Waals surface area (Å²) >= 11 is 0. The first kappa shape index (κ1) is 14.8. The Bertz CT molecular complexity index is 553. The molecule has 0 heterocycles. The van der Waals surface area contributed by atoms with E-state index in [0.717, 1.165) is 0 Å². The molecule has 0 heteroatoms. The SMILES string of the molecule is CCC(CC(C)c1ccccc1C)c1ccccc1C. The third-order valence-corrected chi connectivity index (χ3v) is 4.48. The van der Waals surface area contributed by atoms with E-state index in [9.17, 15) is 0 Å². The van der Waals surface area contributed by atoms with Gasteiger partial charge in [0.25, 0.3) is 0 Å². The van der Waals surface area contributed by atoms with Crippen LogP contribution in [0.1, 0.15) is 60.8 Å². The predicted octanol–water partition coefficient (Wildman–Crippen LogP) is 5.99. The van der Waals surface area contributed by atoms with Gasteiger partial charge in [-0.3, -0.25) is 0 Å². The largest absolute Gasteiger partial charge is 0.0648 e. The fourth-order valence-corrected chi connectivity index (χ4v) is 3.25. The molecule has 0 aliphatic carbocycles. The van der Waals surface area contributed by atoms with E-state index < -0.39 is 0 Å². The Hall–Kier alpha value is -1.56. The van der Waals surface area contributed by atoms with E-state index >= 15 is 0 Å². The van der Waals surface area contributed by atoms with Gasteiger partial charge in [-0.25, -0.2) is 0 Å². The highest BCUT2D eigenvalue weighted by molar-refractivity contribution is 5.32. The topological polar surface area (TPSA) is 0 Å². The molecule has 2 atom stereocenters. The summed E-state index contributed by atoms with van der Waals surface area (Å²) in [5.41, 5.74) is 5.87. The molecule has 0 bridgehead atoms. The molecule has 2 aromatic rings. The van der Waals surface area contributed by atoms with Crippen molar-refractivity contribution in [1.29, 1.82) is 0 Å². The van der Waals surface area contributed by atoms with Crippen LogP contribution in [-0.2, 0) is 0 Å². The maximum Gasteiger partial charge on any atom is -0.0156 e. The minimum Gasteiger partial charge on any atom is -0.0648 e. The molecular formula is C20H26. The number of rotatable bonds is 5. The van der Waals surface area contributed by atoms with Gasteiger partial charge in [-0.2, -0.15) is 0 Å². The lowest BCUT2D eigenvalue weighted by Crippen LogP contribution is -2.06. The summed E-state index contributed by atoms with van der Waals surface area (Å²) in [4.78, 5) is 0. The van der Waals surface area contributed by atoms with E-state index in [4.69, 9.17) is 0 Å². The molecule has 0 radical (unpaired) electrons. The first-order chi connectivity index (χ1) is 9.63. The predicted molar refractivity (Wildman–Crippen MR) is 88.4 cm³/mol. The highest BCUT2D eigenvalue weighted by Crippen LogP contribution is 2.34. The van der Waals surface area contributed by atoms with Crippen molar-refractivity contribution in [2.75, 3.05) is 0 Å². The molecule has 0 aliphatic rings. The van der Waals surface area contributed by atoms with Crippen molar-refractivity contribution < 1.29 is 0 Å². The third kappa shape index (κ3) is 3.30. The molecule has 0 fully saturated rings. The molecule has 0 nitrogen and oxygen atoms in total. The average Bonchev–Trinajstić information content (AvgIpc) is 2.46. The zero-order valence-corrected chi connectivity index (χ0v) is 13.2. The van der Waals surface area contributed by atoms with Gasteiger partial charge < -0.3 is 0 Å². The monoisotopic (exact) mass is 266 g/mol. The molecule has 0 spiro atoms. The molecule has 0 N–H and O–H groups in total. The molecular weight excluding hydrogens is 240 g/mol. The van der Waals surface area contributed by atoms with E-state index in [0.29, 0.717) is 11.8 Å². The van der Waals surface area contributed by atoms with Gasteiger partial charge in [0.15, 0.2) is 0 Å². The lowest BCUT2D eigenvalue weighted by Gasteiger charge is -2.23. The van der Waals surface area contributed by atoms with E-state index in [2.05, 4.69) is 76.2 Å². The zero-order chi connectivity index (χ0) is 14.5. The standard InChI is InChI=1S/C20H26/c1-5-18(20-13-9-7-11-16(20)3)14-17(4)19-12-8-6-10-15(19)2/h6-13,17-18H,5,14H2,1-4H3. The quantitative estimate of drug-likeness (QED) is 0.623. The van der Waals surface area contributed by atoms with E-state index in [1.165, 1.54) is 35.1 Å². The van der Waals surface area contributed by atoms with Gasteiger partial charge in [0.05, 0.1) is 0 Å². The van der Waals surface area contributed by atoms with Crippen LogP contribution >= 0.6 is 0 Å². The van der Waals surface area contributed by atoms with Gasteiger partial charge in [0.1, 0.15) is 0 Å². The highest BCUT2D eigenvalue weighted by Gasteiger charge is 2.17. The van der Waals surface area contributed by atoms with E-state index in [1.807, 2.05) is 0 Å². The smallest absolute Gasteiger partial charge is 0.0156 e. The molecule has 0 saturated carbocycles. The summed E-state index contributed by atoms with van der Waals surface area (Å²) in [5.74, 6) is 1.27. The lowest BCUT2D eigenvalue weighted by atomic mass is 9.82. The molecule has 0 amide bonds. The second-order valence-corrected chi connectivity index (χ2v) is 5.96. The first-order valence-electron chi connectivity index (χ1n) is 7.74. The Morgan fingerprint density at radius 2 is 1.30 bits per heavy atom. The van der Waals surface area contributed by atoms with Crippen LogP contribution in [0.15, 0.2) is 48.5 Å². The van der Waals surface area contributed by atoms with Gasteiger partial charge >= 0.3 is 0 Å². The van der Waals surface area contributed by atoms with Crippen molar-refractivity contribution in [3.05, 3.63) is 70.8 Å². The molecule has 106 valence electrons. The Balaban J connectivity index is 2.19. The van der Waals surface area contributed by atoms with Gasteiger partial charge in [-0.05, 0) is 60.8 Å². The number of hydrogen-bond donors (Lipinski definition) is 0. The maximum absolute atomic E-state index is 2.36. The fraction of sp³-hybridized carbons (Fsp3) is 0.400. The van der Waals surface area contributed by atoms with Crippen molar-refractivity contribution in [2.24, 2.45) is 0 Å². The van der Waals surface area contributed by atoms with Crippen LogP contribution < -0.4 is 0 Å². The molecule has 20 heavy (non-hydrogen) atoms. The molecule has 2 rings (SSSR count). The van der Waals surface area contributed by atoms with Crippen LogP contribution in [0.3, 0.4) is 0 Å². The van der Waals surface area contributed by atoms with Gasteiger partial charge in [0.2, 0.25) is 0 Å². The minimum absolute atomic E-state index is 0.612. The highest BCUT2D eigenvalue weighted by atomic mass is 14.2. The normalized spacial score (nSPS) is 14.0. The van der Waals surface area contributed by atoms with Crippen LogP contribution in [-0.4, -0.2) is 0 Å². The number of aryl methyl sites for hydroxylation is 2. The van der Waals surface area contributed by atoms with Crippen LogP contribution in [0.2, 0.25) is 0 Å². The summed E-state index contributed by atoms with van der Waals surface area (Å²) in [6.45, 7) is 9.13. The Morgan fingerprint density at radius 1 is 0.800 bits per heavy atom. The van der Waals surface area contributed by atoms with Gasteiger partial charge in [-0.15, -0.1) is 0 Å². The van der Waals surface area contributed by atoms with E-state index in [1.54, 1.807) is 0 Å². The van der Waals surface area contributed by atoms with Crippen molar-refractivity contribution in [3.63, 3.8) is 0 Å². The fourth-order valence-electron chi connectivity index (χ4n) is 3.25. The van der Waals surface area contributed by atoms with Crippen LogP contribution in [0, 0.1) is 13.8 Å². The average molecular weight is 266 g/mol. The minimum atomic E-state index is 0.612. The number of benzene rings is 2. The summed E-state index contributed by atoms with van der Waals surface area (Å²) in [5, 5.41) is 0. The van der Waals surface area contributed by atoms with Crippen LogP contribution in [0.4, 0.5) is 0 Å². The second kappa shape index (κ2) is 6.74. The van der Waals surface area contributed by atoms with Gasteiger partial charge in [-0.1, -0.05) is 62.4 Å². The lowest BCUT2D eigenvalue weighted by molar-refractivity contribution is 0.541. The molecule has 2 unspecified atom stereocenters. The molecule has 0 aliphatic heterocycles. The summed E-state index contributed by atoms with van der Waals surface area (Å²) in [6, 6.07) is 17.6. The van der Waals surface area contributed by atoms with Crippen molar-refractivity contribution in [1.82, 2.24) is 0 Å².